The first-order valence-corrected chi connectivity index (χ1v) is 2.67. The quantitative estimate of drug-likeness (QED) is 0.579. The van der Waals surface area contributed by atoms with Crippen molar-refractivity contribution in [2.45, 2.75) is 6.61 Å². The number of methoxy groups -OCH3 is 1. The molecule has 0 atom stereocenters. The minimum absolute atomic E-state index is 0.558. The first-order valence-electron chi connectivity index (χ1n) is 2.67. The third-order valence-corrected chi connectivity index (χ3v) is 0.935. The number of aromatic nitrogens is 2. The maximum Gasteiger partial charge on any atom is 0.115 e. The van der Waals surface area contributed by atoms with E-state index >= 15 is 0 Å². The number of nitrogens with zero attached hydrogens (tertiary/aromatic N) is 2. The van der Waals surface area contributed by atoms with Crippen LogP contribution < -0.4 is 0 Å². The van der Waals surface area contributed by atoms with Crippen LogP contribution in [0.4, 0.5) is 0 Å². The van der Waals surface area contributed by atoms with E-state index in [0.29, 0.717) is 6.61 Å². The minimum atomic E-state index is 0.558. The van der Waals surface area contributed by atoms with E-state index in [1.807, 2.05) is 6.07 Å². The summed E-state index contributed by atoms with van der Waals surface area (Å²) >= 11 is 0. The molecule has 48 valence electrons. The molecular weight excluding hydrogens is 116 g/mol. The molecule has 0 aliphatic rings. The Morgan fingerprint density at radius 2 is 2.56 bits per heavy atom. The molecule has 3 heteroatoms. The topological polar surface area (TPSA) is 35.0 Å². The van der Waals surface area contributed by atoms with E-state index in [9.17, 15) is 0 Å². The van der Waals surface area contributed by atoms with E-state index in [4.69, 9.17) is 4.74 Å². The highest BCUT2D eigenvalue weighted by Gasteiger charge is 1.87. The largest absolute Gasteiger partial charge is 0.378 e. The van der Waals surface area contributed by atoms with Crippen molar-refractivity contribution in [2.24, 2.45) is 0 Å². The Bertz CT molecular complexity index is 164. The van der Waals surface area contributed by atoms with E-state index in [2.05, 4.69) is 9.97 Å². The normalized spacial score (nSPS) is 9.44. The zero-order valence-electron chi connectivity index (χ0n) is 5.24. The van der Waals surface area contributed by atoms with E-state index in [1.165, 1.54) is 6.33 Å². The molecule has 1 aromatic heterocycles. The smallest absolute Gasteiger partial charge is 0.115 e. The Morgan fingerprint density at radius 1 is 1.67 bits per heavy atom. The van der Waals surface area contributed by atoms with Gasteiger partial charge in [0.25, 0.3) is 0 Å². The molecule has 1 aromatic rings. The standard InChI is InChI=1S/C6H8N2O/c1-9-4-6-2-3-7-5-8-6/h2-3,5H,4H2,1H3. The molecule has 0 aliphatic heterocycles. The fourth-order valence-corrected chi connectivity index (χ4v) is 0.551. The van der Waals surface area contributed by atoms with Gasteiger partial charge in [-0.15, -0.1) is 0 Å². The molecule has 1 rings (SSSR count). The molecule has 0 saturated carbocycles. The Labute approximate surface area is 53.7 Å². The molecule has 1 heterocycles. The molecule has 9 heavy (non-hydrogen) atoms. The summed E-state index contributed by atoms with van der Waals surface area (Å²) in [5.41, 5.74) is 0.910. The van der Waals surface area contributed by atoms with Crippen LogP contribution in [-0.2, 0) is 11.3 Å². The summed E-state index contributed by atoms with van der Waals surface area (Å²) in [5.74, 6) is 0. The lowest BCUT2D eigenvalue weighted by atomic mass is 10.4. The third-order valence-electron chi connectivity index (χ3n) is 0.935. The van der Waals surface area contributed by atoms with Crippen LogP contribution in [0.3, 0.4) is 0 Å². The first kappa shape index (κ1) is 6.16. The molecule has 0 aliphatic carbocycles. The lowest BCUT2D eigenvalue weighted by molar-refractivity contribution is 0.181. The second-order valence-corrected chi connectivity index (χ2v) is 1.63. The van der Waals surface area contributed by atoms with Crippen molar-refractivity contribution in [3.05, 3.63) is 24.3 Å². The Balaban J connectivity index is 2.61. The fraction of sp³-hybridized carbons (Fsp3) is 0.333. The molecule has 0 fully saturated rings. The van der Waals surface area contributed by atoms with Crippen molar-refractivity contribution in [3.8, 4) is 0 Å². The average molecular weight is 124 g/mol. The van der Waals surface area contributed by atoms with Crippen molar-refractivity contribution in [1.29, 1.82) is 0 Å². The summed E-state index contributed by atoms with van der Waals surface area (Å²) in [5, 5.41) is 0. The van der Waals surface area contributed by atoms with Gasteiger partial charge in [0.15, 0.2) is 0 Å². The zero-order valence-corrected chi connectivity index (χ0v) is 5.24. The van der Waals surface area contributed by atoms with Gasteiger partial charge in [-0.2, -0.15) is 0 Å². The summed E-state index contributed by atoms with van der Waals surface area (Å²) in [6.07, 6.45) is 3.20. The highest BCUT2D eigenvalue weighted by Crippen LogP contribution is 1.90. The predicted molar refractivity (Wildman–Crippen MR) is 32.7 cm³/mol. The van der Waals surface area contributed by atoms with Gasteiger partial charge in [-0.1, -0.05) is 0 Å². The molecular formula is C6H8N2O. The minimum Gasteiger partial charge on any atom is -0.378 e. The predicted octanol–water partition coefficient (Wildman–Crippen LogP) is 0.623. The van der Waals surface area contributed by atoms with Crippen LogP contribution in [-0.4, -0.2) is 17.1 Å². The van der Waals surface area contributed by atoms with Gasteiger partial charge in [-0.25, -0.2) is 9.97 Å². The van der Waals surface area contributed by atoms with Gasteiger partial charge in [0.1, 0.15) is 6.33 Å². The summed E-state index contributed by atoms with van der Waals surface area (Å²) < 4.78 is 4.84. The van der Waals surface area contributed by atoms with Gasteiger partial charge in [0, 0.05) is 13.3 Å². The molecule has 0 aromatic carbocycles. The van der Waals surface area contributed by atoms with Crippen molar-refractivity contribution in [3.63, 3.8) is 0 Å². The summed E-state index contributed by atoms with van der Waals surface area (Å²) in [4.78, 5) is 7.69. The molecule has 0 amide bonds. The van der Waals surface area contributed by atoms with Crippen LogP contribution in [0.15, 0.2) is 18.6 Å². The van der Waals surface area contributed by atoms with E-state index < -0.39 is 0 Å². The van der Waals surface area contributed by atoms with Crippen molar-refractivity contribution in [2.75, 3.05) is 7.11 Å². The van der Waals surface area contributed by atoms with E-state index in [-0.39, 0.29) is 0 Å². The number of hydrogen-bond donors (Lipinski definition) is 0. The van der Waals surface area contributed by atoms with Crippen molar-refractivity contribution in [1.82, 2.24) is 9.97 Å². The molecule has 0 saturated heterocycles. The monoisotopic (exact) mass is 124 g/mol. The van der Waals surface area contributed by atoms with Crippen molar-refractivity contribution < 1.29 is 4.74 Å². The molecule has 0 bridgehead atoms. The molecule has 3 nitrogen and oxygen atoms in total. The van der Waals surface area contributed by atoms with E-state index in [0.717, 1.165) is 5.69 Å². The molecule has 0 N–H and O–H groups in total. The van der Waals surface area contributed by atoms with Gasteiger partial charge in [-0.05, 0) is 6.07 Å². The SMILES string of the molecule is COCc1ccncn1. The second-order valence-electron chi connectivity index (χ2n) is 1.63. The average Bonchev–Trinajstić information content (AvgIpc) is 1.91. The van der Waals surface area contributed by atoms with Crippen LogP contribution >= 0.6 is 0 Å². The van der Waals surface area contributed by atoms with Crippen LogP contribution in [0.25, 0.3) is 0 Å². The lowest BCUT2D eigenvalue weighted by Crippen LogP contribution is -1.90. The van der Waals surface area contributed by atoms with Crippen LogP contribution in [0.5, 0.6) is 0 Å². The maximum absolute atomic E-state index is 4.84. The van der Waals surface area contributed by atoms with Gasteiger partial charge in [0.05, 0.1) is 12.3 Å². The Kier molecular flexibility index (Phi) is 2.15. The first-order chi connectivity index (χ1) is 4.43. The van der Waals surface area contributed by atoms with Crippen LogP contribution in [0.2, 0.25) is 0 Å². The highest BCUT2D eigenvalue weighted by atomic mass is 16.5. The summed E-state index contributed by atoms with van der Waals surface area (Å²) in [7, 11) is 1.64. The lowest BCUT2D eigenvalue weighted by Gasteiger charge is -1.93. The summed E-state index contributed by atoms with van der Waals surface area (Å²) in [6.45, 7) is 0.558. The van der Waals surface area contributed by atoms with Crippen LogP contribution in [0.1, 0.15) is 5.69 Å². The number of hydrogen-bond acceptors (Lipinski definition) is 3. The van der Waals surface area contributed by atoms with Gasteiger partial charge >= 0.3 is 0 Å². The molecule has 0 radical (unpaired) electrons. The van der Waals surface area contributed by atoms with Gasteiger partial charge in [0.2, 0.25) is 0 Å². The zero-order chi connectivity index (χ0) is 6.53. The third kappa shape index (κ3) is 1.77. The van der Waals surface area contributed by atoms with Crippen molar-refractivity contribution >= 4 is 0 Å². The van der Waals surface area contributed by atoms with Gasteiger partial charge < -0.3 is 4.74 Å². The summed E-state index contributed by atoms with van der Waals surface area (Å²) in [6, 6.07) is 1.82. The van der Waals surface area contributed by atoms with E-state index in [1.54, 1.807) is 13.3 Å². The van der Waals surface area contributed by atoms with Crippen LogP contribution in [0, 0.1) is 0 Å². The Morgan fingerprint density at radius 3 is 3.11 bits per heavy atom. The number of ether oxygens (including phenoxy) is 1. The fourth-order valence-electron chi connectivity index (χ4n) is 0.551. The number of rotatable bonds is 2. The molecule has 0 unspecified atom stereocenters. The highest BCUT2D eigenvalue weighted by molar-refractivity contribution is 4.95. The maximum atomic E-state index is 4.84. The Hall–Kier alpha value is -0.960. The second kappa shape index (κ2) is 3.14. The molecule has 0 spiro atoms. The van der Waals surface area contributed by atoms with Gasteiger partial charge in [-0.3, -0.25) is 0 Å².